The van der Waals surface area contributed by atoms with Crippen molar-refractivity contribution in [2.75, 3.05) is 17.7 Å². The van der Waals surface area contributed by atoms with Crippen molar-refractivity contribution in [1.29, 1.82) is 0 Å². The maximum absolute atomic E-state index is 5.18. The van der Waals surface area contributed by atoms with Crippen LogP contribution in [0.1, 0.15) is 30.0 Å². The van der Waals surface area contributed by atoms with Crippen LogP contribution < -0.4 is 10.6 Å². The molecule has 2 aromatic rings. The molecule has 0 bridgehead atoms. The number of hydrogen-bond donors (Lipinski definition) is 2. The number of aromatic nitrogens is 3. The van der Waals surface area contributed by atoms with Crippen molar-refractivity contribution in [1.82, 2.24) is 15.1 Å². The van der Waals surface area contributed by atoms with E-state index in [0.717, 1.165) is 33.1 Å². The predicted molar refractivity (Wildman–Crippen MR) is 77.3 cm³/mol. The SMILES string of the molecule is CNc1ncnc(NC(C)c2c(C)noc2C)c1Br. The molecular weight excluding hydrogens is 310 g/mol. The first kappa shape index (κ1) is 13.8. The van der Waals surface area contributed by atoms with Gasteiger partial charge in [0.15, 0.2) is 0 Å². The van der Waals surface area contributed by atoms with Crippen molar-refractivity contribution in [3.8, 4) is 0 Å². The van der Waals surface area contributed by atoms with Crippen LogP contribution in [0.25, 0.3) is 0 Å². The van der Waals surface area contributed by atoms with Crippen molar-refractivity contribution >= 4 is 27.6 Å². The van der Waals surface area contributed by atoms with Crippen LogP contribution in [-0.2, 0) is 0 Å². The topological polar surface area (TPSA) is 75.9 Å². The van der Waals surface area contributed by atoms with Crippen LogP contribution in [0.2, 0.25) is 0 Å². The van der Waals surface area contributed by atoms with Crippen LogP contribution in [0.15, 0.2) is 15.3 Å². The van der Waals surface area contributed by atoms with E-state index >= 15 is 0 Å². The number of nitrogens with one attached hydrogen (secondary N) is 2. The van der Waals surface area contributed by atoms with Gasteiger partial charge in [-0.3, -0.25) is 0 Å². The highest BCUT2D eigenvalue weighted by Crippen LogP contribution is 2.30. The van der Waals surface area contributed by atoms with Gasteiger partial charge in [-0.05, 0) is 36.7 Å². The van der Waals surface area contributed by atoms with Gasteiger partial charge in [-0.15, -0.1) is 0 Å². The first-order chi connectivity index (χ1) is 9.04. The molecule has 0 saturated heterocycles. The molecule has 0 amide bonds. The largest absolute Gasteiger partial charge is 0.372 e. The van der Waals surface area contributed by atoms with Gasteiger partial charge < -0.3 is 15.2 Å². The Labute approximate surface area is 120 Å². The van der Waals surface area contributed by atoms with Gasteiger partial charge in [-0.2, -0.15) is 0 Å². The second-order valence-corrected chi connectivity index (χ2v) is 5.03. The van der Waals surface area contributed by atoms with Crippen molar-refractivity contribution in [2.45, 2.75) is 26.8 Å². The number of anilines is 2. The fourth-order valence-electron chi connectivity index (χ4n) is 2.03. The van der Waals surface area contributed by atoms with Crippen LogP contribution in [0.4, 0.5) is 11.6 Å². The summed E-state index contributed by atoms with van der Waals surface area (Å²) in [7, 11) is 1.81. The summed E-state index contributed by atoms with van der Waals surface area (Å²) < 4.78 is 5.98. The van der Waals surface area contributed by atoms with E-state index in [1.807, 2.05) is 27.8 Å². The quantitative estimate of drug-likeness (QED) is 0.899. The molecular formula is C12H16BrN5O. The summed E-state index contributed by atoms with van der Waals surface area (Å²) in [6.45, 7) is 5.87. The number of aryl methyl sites for hydroxylation is 2. The number of rotatable bonds is 4. The smallest absolute Gasteiger partial charge is 0.146 e. The van der Waals surface area contributed by atoms with Crippen LogP contribution in [0.3, 0.4) is 0 Å². The first-order valence-electron chi connectivity index (χ1n) is 5.92. The van der Waals surface area contributed by atoms with Crippen LogP contribution in [0, 0.1) is 13.8 Å². The van der Waals surface area contributed by atoms with Crippen LogP contribution >= 0.6 is 15.9 Å². The molecule has 0 aromatic carbocycles. The maximum atomic E-state index is 5.18. The van der Waals surface area contributed by atoms with Gasteiger partial charge in [0.2, 0.25) is 0 Å². The summed E-state index contributed by atoms with van der Waals surface area (Å²) in [6.07, 6.45) is 1.51. The summed E-state index contributed by atoms with van der Waals surface area (Å²) in [5.74, 6) is 2.28. The summed E-state index contributed by atoms with van der Waals surface area (Å²) in [5.41, 5.74) is 1.94. The fraction of sp³-hybridized carbons (Fsp3) is 0.417. The Bertz CT molecular complexity index is 564. The third-order valence-electron chi connectivity index (χ3n) is 2.90. The van der Waals surface area contributed by atoms with Gasteiger partial charge in [0, 0.05) is 12.6 Å². The minimum absolute atomic E-state index is 0.0437. The minimum Gasteiger partial charge on any atom is -0.372 e. The van der Waals surface area contributed by atoms with E-state index in [4.69, 9.17) is 4.52 Å². The monoisotopic (exact) mass is 325 g/mol. The standard InChI is InChI=1S/C12H16BrN5O/c1-6(9-7(2)18-19-8(9)3)17-12-10(13)11(14-4)15-5-16-12/h5-6H,1-4H3,(H2,14,15,16,17). The van der Waals surface area contributed by atoms with Crippen molar-refractivity contribution in [3.05, 3.63) is 27.8 Å². The molecule has 0 aliphatic rings. The van der Waals surface area contributed by atoms with Gasteiger partial charge >= 0.3 is 0 Å². The Morgan fingerprint density at radius 3 is 2.53 bits per heavy atom. The minimum atomic E-state index is 0.0437. The van der Waals surface area contributed by atoms with Gasteiger partial charge in [-0.1, -0.05) is 5.16 Å². The van der Waals surface area contributed by atoms with E-state index in [9.17, 15) is 0 Å². The summed E-state index contributed by atoms with van der Waals surface area (Å²) in [6, 6.07) is 0.0437. The second kappa shape index (κ2) is 5.56. The molecule has 2 aromatic heterocycles. The molecule has 7 heteroatoms. The Kier molecular flexibility index (Phi) is 4.04. The average Bonchev–Trinajstić information content (AvgIpc) is 2.71. The molecule has 0 saturated carbocycles. The zero-order valence-electron chi connectivity index (χ0n) is 11.3. The fourth-order valence-corrected chi connectivity index (χ4v) is 2.55. The Morgan fingerprint density at radius 1 is 1.26 bits per heavy atom. The Balaban J connectivity index is 2.27. The molecule has 2 rings (SSSR count). The van der Waals surface area contributed by atoms with Crippen molar-refractivity contribution in [3.63, 3.8) is 0 Å². The summed E-state index contributed by atoms with van der Waals surface area (Å²) in [5, 5.41) is 10.3. The zero-order chi connectivity index (χ0) is 14.0. The molecule has 1 unspecified atom stereocenters. The lowest BCUT2D eigenvalue weighted by Gasteiger charge is -2.16. The lowest BCUT2D eigenvalue weighted by atomic mass is 10.1. The van der Waals surface area contributed by atoms with E-state index in [2.05, 4.69) is 41.7 Å². The first-order valence-corrected chi connectivity index (χ1v) is 6.71. The van der Waals surface area contributed by atoms with E-state index in [-0.39, 0.29) is 6.04 Å². The molecule has 19 heavy (non-hydrogen) atoms. The van der Waals surface area contributed by atoms with Gasteiger partial charge in [-0.25, -0.2) is 9.97 Å². The van der Waals surface area contributed by atoms with E-state index in [1.54, 1.807) is 0 Å². The molecule has 6 nitrogen and oxygen atoms in total. The maximum Gasteiger partial charge on any atom is 0.146 e. The predicted octanol–water partition coefficient (Wildman–Crippen LogP) is 3.06. The molecule has 0 spiro atoms. The highest BCUT2D eigenvalue weighted by molar-refractivity contribution is 9.10. The van der Waals surface area contributed by atoms with Crippen molar-refractivity contribution < 1.29 is 4.52 Å². The number of nitrogens with zero attached hydrogens (tertiary/aromatic N) is 3. The third-order valence-corrected chi connectivity index (χ3v) is 3.65. The summed E-state index contributed by atoms with van der Waals surface area (Å²) >= 11 is 3.48. The molecule has 0 radical (unpaired) electrons. The second-order valence-electron chi connectivity index (χ2n) is 4.24. The Hall–Kier alpha value is -1.63. The van der Waals surface area contributed by atoms with Gasteiger partial charge in [0.05, 0.1) is 11.7 Å². The highest BCUT2D eigenvalue weighted by Gasteiger charge is 2.18. The highest BCUT2D eigenvalue weighted by atomic mass is 79.9. The molecule has 2 heterocycles. The molecule has 1 atom stereocenters. The lowest BCUT2D eigenvalue weighted by Crippen LogP contribution is -2.11. The summed E-state index contributed by atoms with van der Waals surface area (Å²) in [4.78, 5) is 8.36. The van der Waals surface area contributed by atoms with Crippen LogP contribution in [-0.4, -0.2) is 22.2 Å². The lowest BCUT2D eigenvalue weighted by molar-refractivity contribution is 0.392. The van der Waals surface area contributed by atoms with Gasteiger partial charge in [0.25, 0.3) is 0 Å². The van der Waals surface area contributed by atoms with Crippen LogP contribution in [0.5, 0.6) is 0 Å². The van der Waals surface area contributed by atoms with Gasteiger partial charge in [0.1, 0.15) is 28.2 Å². The van der Waals surface area contributed by atoms with E-state index < -0.39 is 0 Å². The molecule has 102 valence electrons. The number of hydrogen-bond acceptors (Lipinski definition) is 6. The van der Waals surface area contributed by atoms with Crippen molar-refractivity contribution in [2.24, 2.45) is 0 Å². The zero-order valence-corrected chi connectivity index (χ0v) is 12.9. The average molecular weight is 326 g/mol. The van der Waals surface area contributed by atoms with E-state index in [0.29, 0.717) is 0 Å². The van der Waals surface area contributed by atoms with E-state index in [1.165, 1.54) is 6.33 Å². The number of halogens is 1. The molecule has 0 aliphatic heterocycles. The normalized spacial score (nSPS) is 12.3. The molecule has 0 aliphatic carbocycles. The Morgan fingerprint density at radius 2 is 1.95 bits per heavy atom. The third kappa shape index (κ3) is 2.70. The molecule has 0 fully saturated rings. The molecule has 2 N–H and O–H groups in total.